The Balaban J connectivity index is 2.37. The maximum Gasteiger partial charge on any atom is 0.0611 e. The smallest absolute Gasteiger partial charge is 0.0611 e. The molecule has 0 aliphatic heterocycles. The molecule has 0 heterocycles. The molecule has 0 bridgehead atoms. The van der Waals surface area contributed by atoms with Crippen LogP contribution in [0.5, 0.6) is 0 Å². The van der Waals surface area contributed by atoms with Crippen molar-refractivity contribution >= 4 is 0 Å². The molecule has 0 spiro atoms. The van der Waals surface area contributed by atoms with Gasteiger partial charge in [0.2, 0.25) is 0 Å². The van der Waals surface area contributed by atoms with E-state index in [2.05, 4.69) is 37.9 Å². The van der Waals surface area contributed by atoms with Crippen LogP contribution < -0.4 is 5.32 Å². The summed E-state index contributed by atoms with van der Waals surface area (Å²) in [6.45, 7) is 12.2. The van der Waals surface area contributed by atoms with E-state index in [0.29, 0.717) is 6.04 Å². The topological polar surface area (TPSA) is 35.5 Å². The van der Waals surface area contributed by atoms with Crippen molar-refractivity contribution in [1.29, 1.82) is 0 Å². The van der Waals surface area contributed by atoms with E-state index >= 15 is 0 Å². The zero-order valence-corrected chi connectivity index (χ0v) is 12.0. The second-order valence-electron chi connectivity index (χ2n) is 6.03. The van der Waals surface area contributed by atoms with Crippen molar-refractivity contribution in [1.82, 2.24) is 10.2 Å². The summed E-state index contributed by atoms with van der Waals surface area (Å²) in [5.74, 6) is 0.942. The number of nitrogens with one attached hydrogen (secondary N) is 1. The second kappa shape index (κ2) is 6.72. The van der Waals surface area contributed by atoms with Crippen molar-refractivity contribution in [3.63, 3.8) is 0 Å². The fraction of sp³-hybridized carbons (Fsp3) is 1.00. The maximum atomic E-state index is 9.48. The van der Waals surface area contributed by atoms with Crippen LogP contribution in [0.15, 0.2) is 0 Å². The van der Waals surface area contributed by atoms with Crippen LogP contribution in [0.1, 0.15) is 47.0 Å². The first kappa shape index (κ1) is 14.9. The number of likely N-dealkylation sites (N-methyl/N-ethyl adjacent to an activating group) is 1. The SMILES string of the molecule is CCNC(C)(CO)CCN(CC1CC1)C(C)C. The molecular weight excluding hydrogens is 212 g/mol. The number of aliphatic hydroxyl groups is 1. The quantitative estimate of drug-likeness (QED) is 0.648. The van der Waals surface area contributed by atoms with Gasteiger partial charge in [-0.25, -0.2) is 0 Å². The van der Waals surface area contributed by atoms with Crippen molar-refractivity contribution in [3.8, 4) is 0 Å². The fourth-order valence-electron chi connectivity index (χ4n) is 2.23. The van der Waals surface area contributed by atoms with E-state index in [1.165, 1.54) is 19.4 Å². The third-order valence-electron chi connectivity index (χ3n) is 3.82. The Morgan fingerprint density at radius 3 is 2.47 bits per heavy atom. The molecule has 3 nitrogen and oxygen atoms in total. The lowest BCUT2D eigenvalue weighted by atomic mass is 9.98. The van der Waals surface area contributed by atoms with Gasteiger partial charge in [-0.2, -0.15) is 0 Å². The molecule has 1 fully saturated rings. The molecule has 1 aliphatic carbocycles. The van der Waals surface area contributed by atoms with Crippen LogP contribution in [0, 0.1) is 5.92 Å². The molecule has 0 aromatic rings. The van der Waals surface area contributed by atoms with Gasteiger partial charge in [0.15, 0.2) is 0 Å². The summed E-state index contributed by atoms with van der Waals surface area (Å²) in [5, 5.41) is 12.9. The molecule has 2 N–H and O–H groups in total. The van der Waals surface area contributed by atoms with E-state index in [9.17, 15) is 5.11 Å². The Kier molecular flexibility index (Phi) is 5.90. The molecule has 0 aromatic heterocycles. The van der Waals surface area contributed by atoms with Gasteiger partial charge in [0.1, 0.15) is 0 Å². The molecule has 1 rings (SSSR count). The average Bonchev–Trinajstić information content (AvgIpc) is 3.08. The first-order valence-corrected chi connectivity index (χ1v) is 7.10. The molecule has 1 saturated carbocycles. The molecular formula is C14H30N2O. The Bertz CT molecular complexity index is 216. The fourth-order valence-corrected chi connectivity index (χ4v) is 2.23. The highest BCUT2D eigenvalue weighted by Gasteiger charge is 2.28. The minimum Gasteiger partial charge on any atom is -0.394 e. The van der Waals surface area contributed by atoms with E-state index in [0.717, 1.165) is 25.4 Å². The minimum absolute atomic E-state index is 0.120. The van der Waals surface area contributed by atoms with Crippen LogP contribution in [0.3, 0.4) is 0 Å². The number of hydrogen-bond acceptors (Lipinski definition) is 3. The predicted molar refractivity (Wildman–Crippen MR) is 73.2 cm³/mol. The highest BCUT2D eigenvalue weighted by atomic mass is 16.3. The lowest BCUT2D eigenvalue weighted by Gasteiger charge is -2.33. The summed E-state index contributed by atoms with van der Waals surface area (Å²) in [5.41, 5.74) is -0.120. The van der Waals surface area contributed by atoms with E-state index in [4.69, 9.17) is 0 Å². The van der Waals surface area contributed by atoms with Crippen molar-refractivity contribution in [2.45, 2.75) is 58.5 Å². The van der Waals surface area contributed by atoms with Gasteiger partial charge in [0.05, 0.1) is 6.61 Å². The van der Waals surface area contributed by atoms with Crippen LogP contribution in [0.4, 0.5) is 0 Å². The van der Waals surface area contributed by atoms with Gasteiger partial charge < -0.3 is 15.3 Å². The molecule has 17 heavy (non-hydrogen) atoms. The number of nitrogens with zero attached hydrogens (tertiary/aromatic N) is 1. The van der Waals surface area contributed by atoms with Crippen LogP contribution in [-0.2, 0) is 0 Å². The molecule has 0 saturated heterocycles. The highest BCUT2D eigenvalue weighted by Crippen LogP contribution is 2.30. The van der Waals surface area contributed by atoms with Crippen molar-refractivity contribution in [2.75, 3.05) is 26.2 Å². The van der Waals surface area contributed by atoms with Gasteiger partial charge in [-0.3, -0.25) is 0 Å². The largest absolute Gasteiger partial charge is 0.394 e. The van der Waals surface area contributed by atoms with E-state index in [1.807, 2.05) is 0 Å². The van der Waals surface area contributed by atoms with Gasteiger partial charge in [-0.05, 0) is 52.5 Å². The minimum atomic E-state index is -0.120. The predicted octanol–water partition coefficient (Wildman–Crippen LogP) is 1.86. The third-order valence-corrected chi connectivity index (χ3v) is 3.82. The zero-order chi connectivity index (χ0) is 12.9. The van der Waals surface area contributed by atoms with Gasteiger partial charge in [0, 0.05) is 24.7 Å². The number of hydrogen-bond donors (Lipinski definition) is 2. The lowest BCUT2D eigenvalue weighted by Crippen LogP contribution is -2.48. The first-order chi connectivity index (χ1) is 8.00. The van der Waals surface area contributed by atoms with E-state index in [-0.39, 0.29) is 12.1 Å². The molecule has 102 valence electrons. The summed E-state index contributed by atoms with van der Waals surface area (Å²) in [4.78, 5) is 2.56. The van der Waals surface area contributed by atoms with Crippen molar-refractivity contribution in [2.24, 2.45) is 5.92 Å². The first-order valence-electron chi connectivity index (χ1n) is 7.10. The van der Waals surface area contributed by atoms with Crippen molar-refractivity contribution < 1.29 is 5.11 Å². The Morgan fingerprint density at radius 2 is 2.06 bits per heavy atom. The van der Waals surface area contributed by atoms with Gasteiger partial charge in [-0.15, -0.1) is 0 Å². The molecule has 1 aliphatic rings. The van der Waals surface area contributed by atoms with Crippen molar-refractivity contribution in [3.05, 3.63) is 0 Å². The van der Waals surface area contributed by atoms with Crippen LogP contribution in [-0.4, -0.2) is 47.8 Å². The summed E-state index contributed by atoms with van der Waals surface area (Å²) in [6.07, 6.45) is 3.84. The van der Waals surface area contributed by atoms with E-state index < -0.39 is 0 Å². The van der Waals surface area contributed by atoms with Crippen LogP contribution >= 0.6 is 0 Å². The zero-order valence-electron chi connectivity index (χ0n) is 12.0. The molecule has 1 unspecified atom stereocenters. The number of aliphatic hydroxyl groups excluding tert-OH is 1. The molecule has 3 heteroatoms. The molecule has 0 amide bonds. The lowest BCUT2D eigenvalue weighted by molar-refractivity contribution is 0.133. The molecule has 1 atom stereocenters. The summed E-state index contributed by atoms with van der Waals surface area (Å²) in [6, 6.07) is 0.611. The average molecular weight is 242 g/mol. The van der Waals surface area contributed by atoms with Gasteiger partial charge >= 0.3 is 0 Å². The Morgan fingerprint density at radius 1 is 1.41 bits per heavy atom. The molecule has 0 radical (unpaired) electrons. The number of rotatable bonds is 9. The van der Waals surface area contributed by atoms with Crippen LogP contribution in [0.2, 0.25) is 0 Å². The summed E-state index contributed by atoms with van der Waals surface area (Å²) >= 11 is 0. The molecule has 0 aromatic carbocycles. The monoisotopic (exact) mass is 242 g/mol. The third kappa shape index (κ3) is 5.36. The summed E-state index contributed by atoms with van der Waals surface area (Å²) in [7, 11) is 0. The Labute approximate surface area is 107 Å². The standard InChI is InChI=1S/C14H30N2O/c1-5-15-14(4,11-17)8-9-16(12(2)3)10-13-6-7-13/h12-13,15,17H,5-11H2,1-4H3. The Hall–Kier alpha value is -0.120. The normalized spacial score (nSPS) is 19.9. The maximum absolute atomic E-state index is 9.48. The summed E-state index contributed by atoms with van der Waals surface area (Å²) < 4.78 is 0. The van der Waals surface area contributed by atoms with E-state index in [1.54, 1.807) is 0 Å². The van der Waals surface area contributed by atoms with Crippen LogP contribution in [0.25, 0.3) is 0 Å². The highest BCUT2D eigenvalue weighted by molar-refractivity contribution is 4.85. The van der Waals surface area contributed by atoms with Gasteiger partial charge in [0.25, 0.3) is 0 Å². The van der Waals surface area contributed by atoms with Gasteiger partial charge in [-0.1, -0.05) is 6.92 Å². The second-order valence-corrected chi connectivity index (χ2v) is 6.03.